The number of nitrogens with one attached hydrogen (secondary N) is 2. The van der Waals surface area contributed by atoms with Gasteiger partial charge >= 0.3 is 0 Å². The van der Waals surface area contributed by atoms with E-state index in [0.29, 0.717) is 28.4 Å². The zero-order chi connectivity index (χ0) is 27.2. The highest BCUT2D eigenvalue weighted by atomic mass is 32.1. The Morgan fingerprint density at radius 2 is 1.82 bits per heavy atom. The Hall–Kier alpha value is -3.54. The summed E-state index contributed by atoms with van der Waals surface area (Å²) >= 11 is 1.07. The van der Waals surface area contributed by atoms with Crippen LogP contribution in [0.15, 0.2) is 47.0 Å². The second-order valence-electron chi connectivity index (χ2n) is 9.09. The van der Waals surface area contributed by atoms with E-state index < -0.39 is 29.7 Å². The van der Waals surface area contributed by atoms with E-state index in [1.165, 1.54) is 17.7 Å². The molecule has 2 aromatic carbocycles. The van der Waals surface area contributed by atoms with Gasteiger partial charge in [0.15, 0.2) is 5.76 Å². The Bertz CT molecular complexity index is 1390. The van der Waals surface area contributed by atoms with Gasteiger partial charge in [-0.3, -0.25) is 4.79 Å². The lowest BCUT2D eigenvalue weighted by Gasteiger charge is -2.25. The number of aromatic nitrogens is 3. The predicted molar refractivity (Wildman–Crippen MR) is 140 cm³/mol. The minimum atomic E-state index is -1.07. The number of carbonyl (C=O) groups excluding carboxylic acids is 1. The van der Waals surface area contributed by atoms with Crippen molar-refractivity contribution >= 4 is 17.4 Å². The number of aliphatic hydroxyl groups excluding tert-OH is 1. The van der Waals surface area contributed by atoms with E-state index in [4.69, 9.17) is 4.52 Å². The fourth-order valence-corrected chi connectivity index (χ4v) is 4.84. The van der Waals surface area contributed by atoms with Crippen LogP contribution in [0.2, 0.25) is 0 Å². The fraction of sp³-hybridized carbons (Fsp3) is 0.333. The van der Waals surface area contributed by atoms with Crippen LogP contribution < -0.4 is 10.6 Å². The van der Waals surface area contributed by atoms with Crippen LogP contribution in [0.5, 0.6) is 0 Å². The summed E-state index contributed by atoms with van der Waals surface area (Å²) in [5, 5.41) is 25.0. The molecule has 1 amide bonds. The van der Waals surface area contributed by atoms with Gasteiger partial charge in [-0.05, 0) is 67.0 Å². The molecule has 0 bridgehead atoms. The van der Waals surface area contributed by atoms with E-state index in [1.54, 1.807) is 13.8 Å². The number of aryl methyl sites for hydroxylation is 3. The number of nitrogens with zero attached hydrogens (tertiary/aromatic N) is 3. The van der Waals surface area contributed by atoms with Crippen molar-refractivity contribution in [2.45, 2.75) is 52.3 Å². The Balaban J connectivity index is 1.53. The summed E-state index contributed by atoms with van der Waals surface area (Å²) in [6.07, 6.45) is -0.166. The van der Waals surface area contributed by atoms with Crippen molar-refractivity contribution in [2.24, 2.45) is 0 Å². The van der Waals surface area contributed by atoms with Gasteiger partial charge in [-0.1, -0.05) is 40.8 Å². The maximum atomic E-state index is 13.9. The molecule has 0 aliphatic heterocycles. The molecule has 2 unspecified atom stereocenters. The Labute approximate surface area is 223 Å². The average molecular weight is 542 g/mol. The summed E-state index contributed by atoms with van der Waals surface area (Å²) in [5.41, 5.74) is 3.68. The van der Waals surface area contributed by atoms with Gasteiger partial charge in [0, 0.05) is 19.2 Å². The summed E-state index contributed by atoms with van der Waals surface area (Å²) in [6, 6.07) is 10.4. The van der Waals surface area contributed by atoms with E-state index in [0.717, 1.165) is 29.6 Å². The fourth-order valence-electron chi connectivity index (χ4n) is 4.20. The van der Waals surface area contributed by atoms with Crippen molar-refractivity contribution in [2.75, 3.05) is 6.54 Å². The first kappa shape index (κ1) is 27.5. The van der Waals surface area contributed by atoms with Crippen LogP contribution in [0.4, 0.5) is 8.78 Å². The molecule has 2 atom stereocenters. The Morgan fingerprint density at radius 1 is 1.08 bits per heavy atom. The van der Waals surface area contributed by atoms with Crippen molar-refractivity contribution in [3.63, 3.8) is 0 Å². The number of hydrogen-bond donors (Lipinski definition) is 3. The molecule has 0 spiro atoms. The van der Waals surface area contributed by atoms with E-state index in [1.807, 2.05) is 18.2 Å². The summed E-state index contributed by atoms with van der Waals surface area (Å²) in [4.78, 5) is 14.0. The maximum Gasteiger partial charge on any atom is 0.257 e. The van der Waals surface area contributed by atoms with Gasteiger partial charge in [-0.2, -0.15) is 0 Å². The van der Waals surface area contributed by atoms with Crippen LogP contribution >= 0.6 is 11.5 Å². The molecule has 0 aliphatic carbocycles. The first-order valence-electron chi connectivity index (χ1n) is 12.2. The molecule has 3 N–H and O–H groups in total. The number of carbonyl (C=O) groups is 1. The highest BCUT2D eigenvalue weighted by Crippen LogP contribution is 2.31. The lowest BCUT2D eigenvalue weighted by Crippen LogP contribution is -2.48. The molecule has 0 fully saturated rings. The number of aliphatic hydroxyl groups is 1. The van der Waals surface area contributed by atoms with Gasteiger partial charge in [0.2, 0.25) is 0 Å². The monoisotopic (exact) mass is 541 g/mol. The molecule has 2 aromatic heterocycles. The van der Waals surface area contributed by atoms with E-state index >= 15 is 0 Å². The van der Waals surface area contributed by atoms with E-state index in [9.17, 15) is 18.7 Å². The lowest BCUT2D eigenvalue weighted by molar-refractivity contribution is 0.0829. The van der Waals surface area contributed by atoms with Crippen LogP contribution in [0.25, 0.3) is 10.6 Å². The third-order valence-electron chi connectivity index (χ3n) is 6.19. The summed E-state index contributed by atoms with van der Waals surface area (Å²) < 4.78 is 37.1. The van der Waals surface area contributed by atoms with Crippen molar-refractivity contribution < 1.29 is 23.2 Å². The summed E-state index contributed by atoms with van der Waals surface area (Å²) in [6.45, 7) is 6.09. The summed E-state index contributed by atoms with van der Waals surface area (Å²) in [7, 11) is 0. The van der Waals surface area contributed by atoms with Gasteiger partial charge in [-0.15, -0.1) is 5.10 Å². The second-order valence-corrected chi connectivity index (χ2v) is 9.85. The molecule has 0 radical (unpaired) electrons. The normalized spacial score (nSPS) is 12.9. The zero-order valence-electron chi connectivity index (χ0n) is 21.3. The average Bonchev–Trinajstić information content (AvgIpc) is 3.47. The van der Waals surface area contributed by atoms with Gasteiger partial charge in [-0.25, -0.2) is 8.78 Å². The Morgan fingerprint density at radius 3 is 2.50 bits per heavy atom. The molecule has 0 saturated heterocycles. The maximum absolute atomic E-state index is 13.9. The van der Waals surface area contributed by atoms with Crippen LogP contribution in [0, 0.1) is 25.5 Å². The Kier molecular flexibility index (Phi) is 8.93. The molecule has 2 heterocycles. The number of benzene rings is 2. The molecule has 200 valence electrons. The predicted octanol–water partition coefficient (Wildman–Crippen LogP) is 4.14. The van der Waals surface area contributed by atoms with Gasteiger partial charge < -0.3 is 20.3 Å². The summed E-state index contributed by atoms with van der Waals surface area (Å²) in [5.74, 6) is -1.78. The van der Waals surface area contributed by atoms with Crippen LogP contribution in [0.3, 0.4) is 0 Å². The van der Waals surface area contributed by atoms with Crippen molar-refractivity contribution in [1.29, 1.82) is 0 Å². The minimum Gasteiger partial charge on any atom is -0.390 e. The largest absolute Gasteiger partial charge is 0.390 e. The molecule has 11 heteroatoms. The number of rotatable bonds is 11. The van der Waals surface area contributed by atoms with E-state index in [-0.39, 0.29) is 24.3 Å². The quantitative estimate of drug-likeness (QED) is 0.262. The van der Waals surface area contributed by atoms with Crippen LogP contribution in [-0.4, -0.2) is 44.4 Å². The standard InChI is InChI=1S/C27H29F2N5O3S/c1-4-17-6-5-7-18(8-17)13-30-14-23(35)22(11-19-9-20(28)12-21(29)10-19)31-27(36)24-15(2)33-37-25(24)26-16(3)32-34-38-26/h5-10,12,22-23,30,35H,4,11,13-14H2,1-3H3,(H,31,36). The molecule has 8 nitrogen and oxygen atoms in total. The lowest BCUT2D eigenvalue weighted by atomic mass is 9.99. The van der Waals surface area contributed by atoms with Crippen LogP contribution in [0.1, 0.15) is 45.4 Å². The minimum absolute atomic E-state index is 0.00458. The first-order chi connectivity index (χ1) is 18.2. The molecular formula is C27H29F2N5O3S. The van der Waals surface area contributed by atoms with Gasteiger partial charge in [0.1, 0.15) is 22.1 Å². The first-order valence-corrected chi connectivity index (χ1v) is 13.0. The number of halogens is 2. The molecule has 4 rings (SSSR count). The van der Waals surface area contributed by atoms with Crippen LogP contribution in [-0.2, 0) is 19.4 Å². The zero-order valence-corrected chi connectivity index (χ0v) is 22.1. The second kappa shape index (κ2) is 12.3. The van der Waals surface area contributed by atoms with Crippen molar-refractivity contribution in [1.82, 2.24) is 25.4 Å². The molecule has 38 heavy (non-hydrogen) atoms. The highest BCUT2D eigenvalue weighted by Gasteiger charge is 2.29. The topological polar surface area (TPSA) is 113 Å². The van der Waals surface area contributed by atoms with E-state index in [2.05, 4.69) is 38.4 Å². The molecular weight excluding hydrogens is 512 g/mol. The number of amides is 1. The van der Waals surface area contributed by atoms with Gasteiger partial charge in [0.25, 0.3) is 5.91 Å². The molecule has 0 saturated carbocycles. The number of hydrogen-bond acceptors (Lipinski definition) is 8. The SMILES string of the molecule is CCc1cccc(CNCC(O)C(Cc2cc(F)cc(F)c2)NC(=O)c2c(C)noc2-c2snnc2C)c1. The smallest absolute Gasteiger partial charge is 0.257 e. The third-order valence-corrected chi connectivity index (χ3v) is 7.02. The van der Waals surface area contributed by atoms with Crippen molar-refractivity contribution in [3.8, 4) is 10.6 Å². The third kappa shape index (κ3) is 6.66. The van der Waals surface area contributed by atoms with Crippen molar-refractivity contribution in [3.05, 3.63) is 87.7 Å². The highest BCUT2D eigenvalue weighted by molar-refractivity contribution is 7.09. The molecule has 4 aromatic rings. The van der Waals surface area contributed by atoms with Gasteiger partial charge in [0.05, 0.1) is 23.5 Å². The molecule has 0 aliphatic rings.